The Morgan fingerprint density at radius 3 is 2.52 bits per heavy atom. The zero-order chi connectivity index (χ0) is 23.2. The van der Waals surface area contributed by atoms with Gasteiger partial charge in [-0.2, -0.15) is 21.6 Å². The van der Waals surface area contributed by atoms with E-state index in [4.69, 9.17) is 14.2 Å². The standard InChI is InChI=1S/C20H25F3O7S/c1-5-16-11(2)12(3)18(27-13(4)24)19(28-16)9-8-14-10-15(6-7-17(14)29-19)30-31(25,26)20(21,22)23/h6-7,10-12,16,18H,5,8-9H2,1-4H3/t11-,12-,16+,18-,19+/m0/s1. The van der Waals surface area contributed by atoms with E-state index in [-0.39, 0.29) is 24.4 Å². The third-order valence-electron chi connectivity index (χ3n) is 5.92. The lowest BCUT2D eigenvalue weighted by atomic mass is 9.77. The molecule has 0 radical (unpaired) electrons. The Morgan fingerprint density at radius 1 is 1.26 bits per heavy atom. The van der Waals surface area contributed by atoms with Crippen LogP contribution in [0.4, 0.5) is 13.2 Å². The van der Waals surface area contributed by atoms with Crippen molar-refractivity contribution in [3.63, 3.8) is 0 Å². The Morgan fingerprint density at radius 2 is 1.94 bits per heavy atom. The van der Waals surface area contributed by atoms with Gasteiger partial charge in [0.05, 0.1) is 6.10 Å². The lowest BCUT2D eigenvalue weighted by molar-refractivity contribution is -0.320. The Balaban J connectivity index is 1.91. The molecule has 2 heterocycles. The molecule has 0 aliphatic carbocycles. The van der Waals surface area contributed by atoms with E-state index >= 15 is 0 Å². The minimum absolute atomic E-state index is 0.0660. The summed E-state index contributed by atoms with van der Waals surface area (Å²) in [5, 5.41) is 0. The second kappa shape index (κ2) is 8.16. The van der Waals surface area contributed by atoms with Gasteiger partial charge in [-0.15, -0.1) is 0 Å². The number of hydrogen-bond donors (Lipinski definition) is 0. The number of carbonyl (C=O) groups excluding carboxylic acids is 1. The summed E-state index contributed by atoms with van der Waals surface area (Å²) in [6, 6.07) is 3.60. The van der Waals surface area contributed by atoms with Gasteiger partial charge in [0.2, 0.25) is 5.79 Å². The molecule has 11 heteroatoms. The highest BCUT2D eigenvalue weighted by Crippen LogP contribution is 2.47. The van der Waals surface area contributed by atoms with Crippen LogP contribution in [0, 0.1) is 11.8 Å². The first-order valence-electron chi connectivity index (χ1n) is 9.97. The molecule has 1 spiro atoms. The van der Waals surface area contributed by atoms with Gasteiger partial charge in [0.25, 0.3) is 0 Å². The molecule has 5 atom stereocenters. The largest absolute Gasteiger partial charge is 0.534 e. The van der Waals surface area contributed by atoms with Crippen molar-refractivity contribution < 1.29 is 44.8 Å². The summed E-state index contributed by atoms with van der Waals surface area (Å²) in [5.74, 6) is -1.84. The first kappa shape index (κ1) is 23.6. The van der Waals surface area contributed by atoms with Crippen LogP contribution >= 0.6 is 0 Å². The average Bonchev–Trinajstić information content (AvgIpc) is 2.67. The van der Waals surface area contributed by atoms with E-state index < -0.39 is 39.2 Å². The summed E-state index contributed by atoms with van der Waals surface area (Å²) in [7, 11) is -5.77. The molecule has 0 bridgehead atoms. The highest BCUT2D eigenvalue weighted by atomic mass is 32.2. The smallest absolute Gasteiger partial charge is 0.458 e. The van der Waals surface area contributed by atoms with Crippen molar-refractivity contribution in [3.8, 4) is 11.5 Å². The fourth-order valence-corrected chi connectivity index (χ4v) is 4.63. The lowest BCUT2D eigenvalue weighted by Gasteiger charge is -2.52. The molecule has 0 amide bonds. The van der Waals surface area contributed by atoms with E-state index in [0.717, 1.165) is 12.5 Å². The van der Waals surface area contributed by atoms with E-state index in [1.165, 1.54) is 19.1 Å². The SMILES string of the molecule is CC[C@H]1O[C@@]2(CCc3cc(OS(=O)(=O)C(F)(F)F)ccc3O2)[C@@H](OC(C)=O)[C@@H](C)[C@@H]1C. The van der Waals surface area contributed by atoms with Gasteiger partial charge in [0, 0.05) is 19.3 Å². The van der Waals surface area contributed by atoms with E-state index in [0.29, 0.717) is 17.7 Å². The van der Waals surface area contributed by atoms with Crippen molar-refractivity contribution in [2.24, 2.45) is 11.8 Å². The topological polar surface area (TPSA) is 88.1 Å². The molecule has 31 heavy (non-hydrogen) atoms. The molecule has 2 aliphatic rings. The fraction of sp³-hybridized carbons (Fsp3) is 0.650. The quantitative estimate of drug-likeness (QED) is 0.377. The molecule has 0 aromatic heterocycles. The lowest BCUT2D eigenvalue weighted by Crippen LogP contribution is -2.63. The van der Waals surface area contributed by atoms with Gasteiger partial charge in [-0.1, -0.05) is 20.8 Å². The number of hydrogen-bond acceptors (Lipinski definition) is 7. The Labute approximate surface area is 178 Å². The number of rotatable bonds is 4. The molecule has 0 N–H and O–H groups in total. The monoisotopic (exact) mass is 466 g/mol. The van der Waals surface area contributed by atoms with Crippen LogP contribution < -0.4 is 8.92 Å². The predicted molar refractivity (Wildman–Crippen MR) is 103 cm³/mol. The zero-order valence-electron chi connectivity index (χ0n) is 17.6. The van der Waals surface area contributed by atoms with Crippen molar-refractivity contribution >= 4 is 16.1 Å². The molecular formula is C20H25F3O7S. The van der Waals surface area contributed by atoms with E-state index in [1.807, 2.05) is 20.8 Å². The van der Waals surface area contributed by atoms with Gasteiger partial charge in [0.1, 0.15) is 11.5 Å². The minimum Gasteiger partial charge on any atom is -0.458 e. The summed E-state index contributed by atoms with van der Waals surface area (Å²) in [4.78, 5) is 11.7. The van der Waals surface area contributed by atoms with Crippen molar-refractivity contribution in [1.82, 2.24) is 0 Å². The van der Waals surface area contributed by atoms with Crippen LogP contribution in [-0.2, 0) is 30.8 Å². The molecule has 174 valence electrons. The molecule has 1 aromatic rings. The number of aryl methyl sites for hydroxylation is 1. The number of carbonyl (C=O) groups is 1. The molecular weight excluding hydrogens is 441 g/mol. The fourth-order valence-electron chi connectivity index (χ4n) is 4.18. The van der Waals surface area contributed by atoms with E-state index in [9.17, 15) is 26.4 Å². The van der Waals surface area contributed by atoms with E-state index in [2.05, 4.69) is 4.18 Å². The third-order valence-corrected chi connectivity index (χ3v) is 6.90. The van der Waals surface area contributed by atoms with Crippen LogP contribution in [0.1, 0.15) is 46.1 Å². The number of ether oxygens (including phenoxy) is 3. The number of fused-ring (bicyclic) bond motifs is 1. The van der Waals surface area contributed by atoms with Crippen molar-refractivity contribution in [2.75, 3.05) is 0 Å². The van der Waals surface area contributed by atoms with Crippen LogP contribution in [0.5, 0.6) is 11.5 Å². The molecule has 0 saturated carbocycles. The van der Waals surface area contributed by atoms with Crippen molar-refractivity contribution in [1.29, 1.82) is 0 Å². The second-order valence-corrected chi connectivity index (χ2v) is 9.52. The molecule has 1 fully saturated rings. The highest BCUT2D eigenvalue weighted by molar-refractivity contribution is 7.88. The van der Waals surface area contributed by atoms with Gasteiger partial charge in [-0.05, 0) is 42.5 Å². The molecule has 2 aliphatic heterocycles. The average molecular weight is 466 g/mol. The van der Waals surface area contributed by atoms with Crippen molar-refractivity contribution in [3.05, 3.63) is 23.8 Å². The predicted octanol–water partition coefficient (Wildman–Crippen LogP) is 3.95. The summed E-state index contributed by atoms with van der Waals surface area (Å²) in [5.41, 5.74) is -5.07. The Bertz CT molecular complexity index is 947. The summed E-state index contributed by atoms with van der Waals surface area (Å²) >= 11 is 0. The number of halogens is 3. The van der Waals surface area contributed by atoms with E-state index in [1.54, 1.807) is 0 Å². The third kappa shape index (κ3) is 4.48. The first-order valence-corrected chi connectivity index (χ1v) is 11.4. The van der Waals surface area contributed by atoms with Crippen LogP contribution in [0.3, 0.4) is 0 Å². The first-order chi connectivity index (χ1) is 14.3. The van der Waals surface area contributed by atoms with Crippen LogP contribution in [0.15, 0.2) is 18.2 Å². The van der Waals surface area contributed by atoms with Gasteiger partial charge < -0.3 is 18.4 Å². The molecule has 3 rings (SSSR count). The minimum atomic E-state index is -5.77. The zero-order valence-corrected chi connectivity index (χ0v) is 18.4. The maximum atomic E-state index is 12.6. The summed E-state index contributed by atoms with van der Waals surface area (Å²) < 4.78 is 82.5. The maximum absolute atomic E-state index is 12.6. The van der Waals surface area contributed by atoms with Crippen LogP contribution in [0.25, 0.3) is 0 Å². The van der Waals surface area contributed by atoms with Crippen molar-refractivity contribution in [2.45, 2.75) is 70.5 Å². The summed E-state index contributed by atoms with van der Waals surface area (Å²) in [6.45, 7) is 7.26. The molecule has 1 aromatic carbocycles. The number of alkyl halides is 3. The van der Waals surface area contributed by atoms with Crippen LogP contribution in [0.2, 0.25) is 0 Å². The Hall–Kier alpha value is -2.01. The van der Waals surface area contributed by atoms with Gasteiger partial charge in [-0.3, -0.25) is 4.79 Å². The van der Waals surface area contributed by atoms with Gasteiger partial charge in [-0.25, -0.2) is 0 Å². The molecule has 7 nitrogen and oxygen atoms in total. The second-order valence-electron chi connectivity index (χ2n) is 7.98. The normalized spacial score (nSPS) is 30.9. The molecule has 1 saturated heterocycles. The van der Waals surface area contributed by atoms with Crippen LogP contribution in [-0.4, -0.2) is 37.9 Å². The number of benzene rings is 1. The van der Waals surface area contributed by atoms with Gasteiger partial charge in [0.15, 0.2) is 6.10 Å². The summed E-state index contributed by atoms with van der Waals surface area (Å²) in [6.07, 6.45) is 0.466. The highest BCUT2D eigenvalue weighted by Gasteiger charge is 2.56. The molecule has 0 unspecified atom stereocenters. The number of esters is 1. The van der Waals surface area contributed by atoms with Gasteiger partial charge >= 0.3 is 21.6 Å². The maximum Gasteiger partial charge on any atom is 0.534 e. The Kier molecular flexibility index (Phi) is 6.22.